The van der Waals surface area contributed by atoms with Crippen molar-refractivity contribution < 1.29 is 39.1 Å². The molecule has 11 heteroatoms. The van der Waals surface area contributed by atoms with E-state index in [1.165, 1.54) is 39.2 Å². The summed E-state index contributed by atoms with van der Waals surface area (Å²) in [4.78, 5) is 29.0. The number of benzene rings is 2. The van der Waals surface area contributed by atoms with Crippen LogP contribution in [0.5, 0.6) is 17.2 Å². The maximum absolute atomic E-state index is 14.0. The van der Waals surface area contributed by atoms with Gasteiger partial charge in [-0.05, 0) is 76.9 Å². The predicted octanol–water partition coefficient (Wildman–Crippen LogP) is 5.71. The fraction of sp³-hybridized carbons (Fsp3) is 0.579. The van der Waals surface area contributed by atoms with Crippen LogP contribution in [0.15, 0.2) is 48.0 Å². The summed E-state index contributed by atoms with van der Waals surface area (Å²) in [5.41, 5.74) is 1.98. The second-order valence-electron chi connectivity index (χ2n) is 12.6. The van der Waals surface area contributed by atoms with Crippen LogP contribution in [0, 0.1) is 3.57 Å². The number of aliphatic hydroxyl groups excluding tert-OH is 3. The Hall–Kier alpha value is -2.87. The van der Waals surface area contributed by atoms with Crippen LogP contribution in [-0.4, -0.2) is 84.2 Å². The van der Waals surface area contributed by atoms with Gasteiger partial charge in [0.25, 0.3) is 0 Å². The molecule has 0 heterocycles. The van der Waals surface area contributed by atoms with E-state index in [9.17, 15) is 24.9 Å². The topological polar surface area (TPSA) is 138 Å². The van der Waals surface area contributed by atoms with Crippen molar-refractivity contribution in [3.05, 3.63) is 62.7 Å². The minimum atomic E-state index is -1.16. The number of unbranched alkanes of at least 4 members (excludes halogenated alkanes) is 8. The molecule has 2 aromatic rings. The van der Waals surface area contributed by atoms with E-state index in [1.807, 2.05) is 24.3 Å². The number of hydrogen-bond donors (Lipinski definition) is 4. The van der Waals surface area contributed by atoms with Crippen molar-refractivity contribution in [1.29, 1.82) is 0 Å². The molecule has 1 aliphatic rings. The van der Waals surface area contributed by atoms with Crippen molar-refractivity contribution in [2.24, 2.45) is 0 Å². The molecule has 0 fully saturated rings. The highest BCUT2D eigenvalue weighted by molar-refractivity contribution is 14.1. The second-order valence-corrected chi connectivity index (χ2v) is 13.7. The van der Waals surface area contributed by atoms with Crippen molar-refractivity contribution in [2.45, 2.75) is 109 Å². The Morgan fingerprint density at radius 1 is 0.959 bits per heavy atom. The summed E-state index contributed by atoms with van der Waals surface area (Å²) >= 11 is 2.09. The zero-order valence-electron chi connectivity index (χ0n) is 29.3. The van der Waals surface area contributed by atoms with E-state index >= 15 is 0 Å². The number of methoxy groups -OCH3 is 2. The molecule has 10 nitrogen and oxygen atoms in total. The van der Waals surface area contributed by atoms with Crippen LogP contribution in [0.2, 0.25) is 0 Å². The lowest BCUT2D eigenvalue weighted by molar-refractivity contribution is -0.138. The fourth-order valence-corrected chi connectivity index (χ4v) is 6.97. The van der Waals surface area contributed by atoms with Gasteiger partial charge in [0.05, 0.1) is 37.0 Å². The molecule has 1 aliphatic carbocycles. The summed E-state index contributed by atoms with van der Waals surface area (Å²) in [6, 6.07) is 10.4. The van der Waals surface area contributed by atoms with Crippen molar-refractivity contribution in [3.63, 3.8) is 0 Å². The minimum absolute atomic E-state index is 0.0698. The van der Waals surface area contributed by atoms with E-state index in [0.29, 0.717) is 45.6 Å². The smallest absolute Gasteiger partial charge is 0.247 e. The summed E-state index contributed by atoms with van der Waals surface area (Å²) in [6.07, 6.45) is 10.6. The van der Waals surface area contributed by atoms with Gasteiger partial charge in [0.2, 0.25) is 11.8 Å². The average Bonchev–Trinajstić information content (AvgIpc) is 3.11. The highest BCUT2D eigenvalue weighted by Crippen LogP contribution is 2.37. The lowest BCUT2D eigenvalue weighted by Crippen LogP contribution is -2.55. The first-order valence-electron chi connectivity index (χ1n) is 17.6. The van der Waals surface area contributed by atoms with Gasteiger partial charge in [-0.3, -0.25) is 9.59 Å². The zero-order chi connectivity index (χ0) is 35.6. The third-order valence-electron chi connectivity index (χ3n) is 8.93. The fourth-order valence-electron chi connectivity index (χ4n) is 6.18. The van der Waals surface area contributed by atoms with Crippen LogP contribution in [0.25, 0.3) is 0 Å². The van der Waals surface area contributed by atoms with Gasteiger partial charge in [-0.15, -0.1) is 0 Å². The van der Waals surface area contributed by atoms with E-state index in [2.05, 4.69) is 34.8 Å². The summed E-state index contributed by atoms with van der Waals surface area (Å²) in [5, 5.41) is 33.7. The number of amides is 2. The molecule has 4 N–H and O–H groups in total. The third-order valence-corrected chi connectivity index (χ3v) is 9.73. The quantitative estimate of drug-likeness (QED) is 0.0880. The number of rotatable bonds is 22. The number of carbonyl (C=O) groups excluding carboxylic acids is 2. The molecular formula is C38H55IN2O8. The molecule has 0 spiro atoms. The van der Waals surface area contributed by atoms with Gasteiger partial charge in [0.15, 0.2) is 11.5 Å². The normalized spacial score (nSPS) is 17.3. The van der Waals surface area contributed by atoms with Crippen LogP contribution >= 0.6 is 22.6 Å². The van der Waals surface area contributed by atoms with Crippen LogP contribution in [0.3, 0.4) is 0 Å². The number of nitrogens with one attached hydrogen (secondary N) is 1. The van der Waals surface area contributed by atoms with Gasteiger partial charge < -0.3 is 39.7 Å². The van der Waals surface area contributed by atoms with E-state index in [0.717, 1.165) is 37.0 Å². The van der Waals surface area contributed by atoms with E-state index < -0.39 is 24.2 Å². The van der Waals surface area contributed by atoms with E-state index in [4.69, 9.17) is 14.2 Å². The molecule has 0 aliphatic heterocycles. The lowest BCUT2D eigenvalue weighted by atomic mass is 9.87. The van der Waals surface area contributed by atoms with Crippen molar-refractivity contribution in [2.75, 3.05) is 33.9 Å². The second kappa shape index (κ2) is 22.1. The first kappa shape index (κ1) is 40.6. The molecule has 2 aromatic carbocycles. The monoisotopic (exact) mass is 794 g/mol. The van der Waals surface area contributed by atoms with Crippen molar-refractivity contribution >= 4 is 34.4 Å². The molecule has 0 aromatic heterocycles. The highest BCUT2D eigenvalue weighted by Gasteiger charge is 2.40. The van der Waals surface area contributed by atoms with Crippen molar-refractivity contribution in [3.8, 4) is 17.2 Å². The van der Waals surface area contributed by atoms with Gasteiger partial charge >= 0.3 is 0 Å². The molecule has 272 valence electrons. The summed E-state index contributed by atoms with van der Waals surface area (Å²) in [7, 11) is 3.11. The van der Waals surface area contributed by atoms with Crippen LogP contribution in [0.1, 0.15) is 88.7 Å². The SMILES string of the molecule is CCCCCCCCCCCC(=O)N(CCc1cccc(OC)c1)C1CC(C(=O)NCCO)=CC(Oc2c(I)cc(CO)cc2OC)C1O. The molecular weight excluding hydrogens is 739 g/mol. The zero-order valence-corrected chi connectivity index (χ0v) is 31.5. The molecule has 0 bridgehead atoms. The van der Waals surface area contributed by atoms with E-state index in [-0.39, 0.29) is 32.1 Å². The summed E-state index contributed by atoms with van der Waals surface area (Å²) in [6.45, 7) is 2.21. The Morgan fingerprint density at radius 2 is 1.67 bits per heavy atom. The van der Waals surface area contributed by atoms with Gasteiger partial charge in [0, 0.05) is 31.5 Å². The predicted molar refractivity (Wildman–Crippen MR) is 199 cm³/mol. The molecule has 3 atom stereocenters. The number of halogens is 1. The average molecular weight is 795 g/mol. The van der Waals surface area contributed by atoms with Gasteiger partial charge in [-0.1, -0.05) is 70.4 Å². The Labute approximate surface area is 305 Å². The lowest BCUT2D eigenvalue weighted by Gasteiger charge is -2.41. The summed E-state index contributed by atoms with van der Waals surface area (Å²) < 4.78 is 18.0. The standard InChI is InChI=1S/C38H55IN2O8/c1-4-5-6-7-8-9-10-11-12-16-35(44)41(19-17-27-14-13-15-30(21-27)47-2)32-24-29(38(46)40-18-20-42)25-33(36(32)45)49-37-31(39)22-28(26-43)23-34(37)48-3/h13-15,21-23,25,32-33,36,42-43,45H,4-12,16-20,24,26H2,1-3H3,(H,40,46). The highest BCUT2D eigenvalue weighted by atomic mass is 127. The van der Waals surface area contributed by atoms with E-state index in [1.54, 1.807) is 30.2 Å². The molecule has 2 amide bonds. The molecule has 0 saturated heterocycles. The molecule has 3 rings (SSSR count). The first-order valence-corrected chi connectivity index (χ1v) is 18.7. The Bertz CT molecular complexity index is 1350. The maximum atomic E-state index is 14.0. The third kappa shape index (κ3) is 12.8. The number of aliphatic hydroxyl groups is 3. The Morgan fingerprint density at radius 3 is 2.33 bits per heavy atom. The van der Waals surface area contributed by atoms with Crippen LogP contribution in [0.4, 0.5) is 0 Å². The Balaban J connectivity index is 1.87. The first-order chi connectivity index (χ1) is 23.8. The van der Waals surface area contributed by atoms with Gasteiger partial charge in [-0.2, -0.15) is 0 Å². The number of carbonyl (C=O) groups is 2. The van der Waals surface area contributed by atoms with Crippen LogP contribution < -0.4 is 19.5 Å². The Kier molecular flexibility index (Phi) is 18.3. The number of nitrogens with zero attached hydrogens (tertiary/aromatic N) is 1. The van der Waals surface area contributed by atoms with Gasteiger partial charge in [-0.25, -0.2) is 0 Å². The molecule has 0 saturated carbocycles. The van der Waals surface area contributed by atoms with Crippen LogP contribution in [-0.2, 0) is 22.6 Å². The minimum Gasteiger partial charge on any atom is -0.497 e. The number of hydrogen-bond acceptors (Lipinski definition) is 8. The summed E-state index contributed by atoms with van der Waals surface area (Å²) in [5.74, 6) is 0.987. The molecule has 3 unspecified atom stereocenters. The number of ether oxygens (including phenoxy) is 3. The molecule has 49 heavy (non-hydrogen) atoms. The molecule has 0 radical (unpaired) electrons. The largest absolute Gasteiger partial charge is 0.497 e. The van der Waals surface area contributed by atoms with Crippen molar-refractivity contribution in [1.82, 2.24) is 10.2 Å². The maximum Gasteiger partial charge on any atom is 0.247 e. The van der Waals surface area contributed by atoms with Gasteiger partial charge in [0.1, 0.15) is 18.0 Å².